The number of aromatic nitrogens is 4. The van der Waals surface area contributed by atoms with Gasteiger partial charge in [-0.25, -0.2) is 19.6 Å². The lowest BCUT2D eigenvalue weighted by Gasteiger charge is -2.30. The van der Waals surface area contributed by atoms with E-state index in [1.165, 1.54) is 22.3 Å². The Bertz CT molecular complexity index is 1690. The fraction of sp³-hybridized carbons (Fsp3) is 0.487. The zero-order valence-corrected chi connectivity index (χ0v) is 30.7. The maximum absolute atomic E-state index is 12.8. The van der Waals surface area contributed by atoms with Crippen LogP contribution in [0, 0.1) is 0 Å². The number of H-pyrrole nitrogens is 2. The van der Waals surface area contributed by atoms with Gasteiger partial charge in [0.25, 0.3) is 0 Å². The van der Waals surface area contributed by atoms with Crippen molar-refractivity contribution >= 4 is 12.2 Å². The maximum atomic E-state index is 12.8. The number of hydrogen-bond acceptors (Lipinski definition) is 7. The summed E-state index contributed by atoms with van der Waals surface area (Å²) in [6.45, 7) is 17.7. The minimum Gasteiger partial charge on any atom is -0.488 e. The number of amides is 2. The van der Waals surface area contributed by atoms with Crippen molar-refractivity contribution in [1.82, 2.24) is 29.7 Å². The first-order valence-corrected chi connectivity index (χ1v) is 17.7. The predicted octanol–water partition coefficient (Wildman–Crippen LogP) is 8.42. The molecule has 1 aliphatic heterocycles. The number of ether oxygens (including phenoxy) is 3. The lowest BCUT2D eigenvalue weighted by Crippen LogP contribution is -2.37. The quantitative estimate of drug-likeness (QED) is 0.172. The number of nitrogens with zero attached hydrogens (tertiary/aromatic N) is 4. The van der Waals surface area contributed by atoms with Crippen molar-refractivity contribution < 1.29 is 23.8 Å². The number of nitrogens with one attached hydrogen (secondary N) is 2. The van der Waals surface area contributed by atoms with Gasteiger partial charge in [0.1, 0.15) is 35.2 Å². The number of carbonyl (C=O) groups is 2. The molecule has 3 heterocycles. The fourth-order valence-corrected chi connectivity index (χ4v) is 6.61. The monoisotopic (exact) mass is 682 g/mol. The van der Waals surface area contributed by atoms with Gasteiger partial charge in [0.2, 0.25) is 0 Å². The summed E-state index contributed by atoms with van der Waals surface area (Å²) in [5.74, 6) is 2.29. The fourth-order valence-electron chi connectivity index (χ4n) is 6.61. The van der Waals surface area contributed by atoms with E-state index in [1.54, 1.807) is 9.80 Å². The molecule has 0 spiro atoms. The largest absolute Gasteiger partial charge is 0.488 e. The molecule has 2 amide bonds. The zero-order valence-electron chi connectivity index (χ0n) is 30.7. The van der Waals surface area contributed by atoms with Crippen LogP contribution >= 0.6 is 0 Å². The summed E-state index contributed by atoms with van der Waals surface area (Å²) in [6.07, 6.45) is 6.42. The molecule has 0 radical (unpaired) electrons. The Balaban J connectivity index is 1.21. The summed E-state index contributed by atoms with van der Waals surface area (Å²) >= 11 is 0. The van der Waals surface area contributed by atoms with Crippen LogP contribution in [-0.4, -0.2) is 66.2 Å². The zero-order chi connectivity index (χ0) is 35.8. The Hall–Kier alpha value is -4.80. The highest BCUT2D eigenvalue weighted by Gasteiger charge is 2.30. The standard InChI is InChI=1S/C39H50N6O5/c1-9-13-44(36(46)49-38(3,4)5)21-32-40-19-29(42-32)26-15-24-11-12-25-16-27(18-31-35(25)34(24)28(17-26)23-48-31)30-20-41-33(43-30)22-45(14-10-2)37(47)50-39(6,7)8/h15-20H,9-14,21-23H2,1-8H3,(H,40,42)(H,41,43). The lowest BCUT2D eigenvalue weighted by atomic mass is 9.79. The van der Waals surface area contributed by atoms with Gasteiger partial charge in [-0.3, -0.25) is 0 Å². The molecule has 1 aliphatic carbocycles. The van der Waals surface area contributed by atoms with E-state index in [-0.39, 0.29) is 12.2 Å². The Labute approximate surface area is 294 Å². The number of imidazole rings is 2. The molecule has 6 rings (SSSR count). The minimum atomic E-state index is -0.564. The molecule has 0 fully saturated rings. The molecule has 50 heavy (non-hydrogen) atoms. The van der Waals surface area contributed by atoms with Crippen molar-refractivity contribution in [3.8, 4) is 39.4 Å². The minimum absolute atomic E-state index is 0.338. The lowest BCUT2D eigenvalue weighted by molar-refractivity contribution is 0.0219. The molecule has 0 saturated carbocycles. The Morgan fingerprint density at radius 2 is 1.18 bits per heavy atom. The molecular formula is C39H50N6O5. The molecule has 0 unspecified atom stereocenters. The summed E-state index contributed by atoms with van der Waals surface area (Å²) in [5.41, 5.74) is 8.85. The topological polar surface area (TPSA) is 126 Å². The molecule has 0 bridgehead atoms. The van der Waals surface area contributed by atoms with Gasteiger partial charge in [-0.15, -0.1) is 0 Å². The van der Waals surface area contributed by atoms with Crippen LogP contribution < -0.4 is 4.74 Å². The van der Waals surface area contributed by atoms with Crippen molar-refractivity contribution in [1.29, 1.82) is 0 Å². The first kappa shape index (κ1) is 35.0. The van der Waals surface area contributed by atoms with E-state index in [0.717, 1.165) is 59.5 Å². The molecule has 2 aromatic heterocycles. The third-order valence-corrected chi connectivity index (χ3v) is 8.63. The van der Waals surface area contributed by atoms with Crippen LogP contribution in [0.3, 0.4) is 0 Å². The molecule has 2 N–H and O–H groups in total. The second kappa shape index (κ2) is 13.8. The second-order valence-electron chi connectivity index (χ2n) is 15.3. The van der Waals surface area contributed by atoms with Gasteiger partial charge in [-0.05, 0) is 114 Å². The van der Waals surface area contributed by atoms with E-state index >= 15 is 0 Å². The molecule has 2 aromatic carbocycles. The number of benzene rings is 2. The third kappa shape index (κ3) is 7.82. The van der Waals surface area contributed by atoms with Crippen molar-refractivity contribution in [3.05, 3.63) is 65.0 Å². The average molecular weight is 683 g/mol. The van der Waals surface area contributed by atoms with Crippen LogP contribution in [0.2, 0.25) is 0 Å². The van der Waals surface area contributed by atoms with Crippen molar-refractivity contribution in [2.45, 2.75) is 112 Å². The Morgan fingerprint density at radius 3 is 1.66 bits per heavy atom. The van der Waals surface area contributed by atoms with E-state index in [2.05, 4.69) is 44.2 Å². The second-order valence-corrected chi connectivity index (χ2v) is 15.3. The highest BCUT2D eigenvalue weighted by molar-refractivity contribution is 5.87. The van der Waals surface area contributed by atoms with E-state index < -0.39 is 11.2 Å². The molecule has 11 nitrogen and oxygen atoms in total. The van der Waals surface area contributed by atoms with Gasteiger partial charge in [0.15, 0.2) is 0 Å². The maximum Gasteiger partial charge on any atom is 0.410 e. The molecule has 11 heteroatoms. The van der Waals surface area contributed by atoms with Gasteiger partial charge in [-0.1, -0.05) is 13.8 Å². The van der Waals surface area contributed by atoms with Gasteiger partial charge in [-0.2, -0.15) is 0 Å². The highest BCUT2D eigenvalue weighted by Crippen LogP contribution is 2.48. The van der Waals surface area contributed by atoms with Crippen molar-refractivity contribution in [2.24, 2.45) is 0 Å². The van der Waals surface area contributed by atoms with Crippen LogP contribution in [0.25, 0.3) is 33.6 Å². The van der Waals surface area contributed by atoms with Crippen molar-refractivity contribution in [2.75, 3.05) is 13.1 Å². The number of hydrogen-bond donors (Lipinski definition) is 2. The van der Waals surface area contributed by atoms with Gasteiger partial charge < -0.3 is 34.0 Å². The molecule has 266 valence electrons. The normalized spacial score (nSPS) is 13.4. The SMILES string of the molecule is CCCN(Cc1ncc(-c2cc3c4c(c2)COc2cc(-c5cnc(CN(CCC)C(=O)OC(C)(C)C)[nH]5)cc(c2-4)CC3)[nH]1)C(=O)OC(C)(C)C. The van der Waals surface area contributed by atoms with Crippen LogP contribution in [0.1, 0.15) is 96.6 Å². The number of rotatable bonds is 10. The van der Waals surface area contributed by atoms with Crippen LogP contribution in [0.5, 0.6) is 5.75 Å². The van der Waals surface area contributed by atoms with Gasteiger partial charge in [0, 0.05) is 29.8 Å². The predicted molar refractivity (Wildman–Crippen MR) is 193 cm³/mol. The highest BCUT2D eigenvalue weighted by atomic mass is 16.6. The molecule has 4 aromatic rings. The molecule has 0 saturated heterocycles. The van der Waals surface area contributed by atoms with E-state index in [9.17, 15) is 9.59 Å². The molecule has 2 aliphatic rings. The van der Waals surface area contributed by atoms with Gasteiger partial charge in [0.05, 0.1) is 36.9 Å². The Morgan fingerprint density at radius 1 is 0.720 bits per heavy atom. The summed E-state index contributed by atoms with van der Waals surface area (Å²) in [5, 5.41) is 0. The summed E-state index contributed by atoms with van der Waals surface area (Å²) in [7, 11) is 0. The first-order chi connectivity index (χ1) is 23.7. The van der Waals surface area contributed by atoms with Crippen LogP contribution in [-0.2, 0) is 42.0 Å². The van der Waals surface area contributed by atoms with E-state index in [1.807, 2.05) is 67.8 Å². The van der Waals surface area contributed by atoms with Crippen molar-refractivity contribution in [3.63, 3.8) is 0 Å². The number of aromatic amines is 2. The number of aryl methyl sites for hydroxylation is 2. The Kier molecular flexibility index (Phi) is 9.70. The summed E-state index contributed by atoms with van der Waals surface area (Å²) in [6, 6.07) is 8.77. The van der Waals surface area contributed by atoms with Crippen LogP contribution in [0.15, 0.2) is 36.7 Å². The number of carbonyl (C=O) groups excluding carboxylic acids is 2. The summed E-state index contributed by atoms with van der Waals surface area (Å²) in [4.78, 5) is 45.2. The smallest absolute Gasteiger partial charge is 0.410 e. The average Bonchev–Trinajstić information content (AvgIpc) is 3.71. The first-order valence-electron chi connectivity index (χ1n) is 17.7. The van der Waals surface area contributed by atoms with E-state index in [4.69, 9.17) is 14.2 Å². The van der Waals surface area contributed by atoms with Gasteiger partial charge >= 0.3 is 12.2 Å². The van der Waals surface area contributed by atoms with Crippen LogP contribution in [0.4, 0.5) is 9.59 Å². The third-order valence-electron chi connectivity index (χ3n) is 8.63. The van der Waals surface area contributed by atoms with E-state index in [0.29, 0.717) is 44.4 Å². The molecular weight excluding hydrogens is 632 g/mol. The summed E-state index contributed by atoms with van der Waals surface area (Å²) < 4.78 is 17.7. The molecule has 0 atom stereocenters.